The fourth-order valence-corrected chi connectivity index (χ4v) is 2.43. The van der Waals surface area contributed by atoms with Crippen molar-refractivity contribution in [3.8, 4) is 0 Å². The average Bonchev–Trinajstić information content (AvgIpc) is 2.42. The van der Waals surface area contributed by atoms with E-state index in [0.717, 1.165) is 6.07 Å². The lowest BCUT2D eigenvalue weighted by Crippen LogP contribution is -2.18. The molecule has 0 bridgehead atoms. The molecule has 2 rings (SSSR count). The van der Waals surface area contributed by atoms with Gasteiger partial charge in [-0.3, -0.25) is 4.79 Å². The summed E-state index contributed by atoms with van der Waals surface area (Å²) < 4.78 is 38.6. The molecule has 1 amide bonds. The number of benzene rings is 2. The minimum Gasteiger partial charge on any atom is -0.325 e. The average molecular weight is 348 g/mol. The predicted molar refractivity (Wildman–Crippen MR) is 80.2 cm³/mol. The second-order valence-corrected chi connectivity index (χ2v) is 5.28. The third-order valence-corrected chi connectivity index (χ3v) is 3.61. The Morgan fingerprint density at radius 2 is 1.59 bits per heavy atom. The van der Waals surface area contributed by atoms with E-state index in [1.165, 1.54) is 18.2 Å². The Labute approximate surface area is 134 Å². The molecule has 7 heteroatoms. The summed E-state index contributed by atoms with van der Waals surface area (Å²) in [5.74, 6) is -0.633. The van der Waals surface area contributed by atoms with Gasteiger partial charge in [0.2, 0.25) is 5.91 Å². The van der Waals surface area contributed by atoms with E-state index < -0.39 is 17.6 Å². The van der Waals surface area contributed by atoms with Gasteiger partial charge >= 0.3 is 6.18 Å². The monoisotopic (exact) mass is 347 g/mol. The van der Waals surface area contributed by atoms with Crippen molar-refractivity contribution in [2.45, 2.75) is 12.6 Å². The lowest BCUT2D eigenvalue weighted by Gasteiger charge is -2.14. The number of hydrogen-bond donors (Lipinski definition) is 1. The number of hydrogen-bond acceptors (Lipinski definition) is 1. The van der Waals surface area contributed by atoms with E-state index in [0.29, 0.717) is 5.56 Å². The number of anilines is 1. The molecule has 116 valence electrons. The standard InChI is InChI=1S/C15H10Cl2F3NO/c16-11-5-3-6-12(17)9(11)8-14(22)21-13-7-2-1-4-10(13)15(18,19)20/h1-7H,8H2,(H,21,22). The van der Waals surface area contributed by atoms with Crippen LogP contribution in [0, 0.1) is 0 Å². The van der Waals surface area contributed by atoms with Crippen molar-refractivity contribution in [2.75, 3.05) is 5.32 Å². The quantitative estimate of drug-likeness (QED) is 0.812. The summed E-state index contributed by atoms with van der Waals surface area (Å²) >= 11 is 11.9. The largest absolute Gasteiger partial charge is 0.418 e. The number of carbonyl (C=O) groups excluding carboxylic acids is 1. The highest BCUT2D eigenvalue weighted by Crippen LogP contribution is 2.34. The van der Waals surface area contributed by atoms with Crippen molar-refractivity contribution in [3.63, 3.8) is 0 Å². The first-order chi connectivity index (χ1) is 10.3. The van der Waals surface area contributed by atoms with Gasteiger partial charge in [0.15, 0.2) is 0 Å². The van der Waals surface area contributed by atoms with Gasteiger partial charge in [-0.15, -0.1) is 0 Å². The van der Waals surface area contributed by atoms with Gasteiger partial charge in [0, 0.05) is 10.0 Å². The molecular formula is C15H10Cl2F3NO. The molecule has 0 spiro atoms. The van der Waals surface area contributed by atoms with Crippen LogP contribution in [-0.4, -0.2) is 5.91 Å². The molecule has 0 saturated heterocycles. The van der Waals surface area contributed by atoms with Crippen LogP contribution in [0.3, 0.4) is 0 Å². The van der Waals surface area contributed by atoms with Gasteiger partial charge in [-0.05, 0) is 29.8 Å². The maximum absolute atomic E-state index is 12.9. The maximum Gasteiger partial charge on any atom is 0.418 e. The first kappa shape index (κ1) is 16.6. The summed E-state index contributed by atoms with van der Waals surface area (Å²) in [6, 6.07) is 9.48. The Morgan fingerprint density at radius 1 is 1.00 bits per heavy atom. The van der Waals surface area contributed by atoms with E-state index in [2.05, 4.69) is 5.32 Å². The van der Waals surface area contributed by atoms with E-state index in [9.17, 15) is 18.0 Å². The smallest absolute Gasteiger partial charge is 0.325 e. The molecule has 0 aliphatic heterocycles. The SMILES string of the molecule is O=C(Cc1c(Cl)cccc1Cl)Nc1ccccc1C(F)(F)F. The molecule has 0 fully saturated rings. The third-order valence-electron chi connectivity index (χ3n) is 2.91. The number of nitrogens with one attached hydrogen (secondary N) is 1. The van der Waals surface area contributed by atoms with E-state index in [4.69, 9.17) is 23.2 Å². The van der Waals surface area contributed by atoms with Crippen molar-refractivity contribution < 1.29 is 18.0 Å². The van der Waals surface area contributed by atoms with E-state index >= 15 is 0 Å². The van der Waals surface area contributed by atoms with Crippen molar-refractivity contribution in [1.29, 1.82) is 0 Å². The second kappa shape index (κ2) is 6.58. The highest BCUT2D eigenvalue weighted by atomic mass is 35.5. The number of carbonyl (C=O) groups is 1. The Hall–Kier alpha value is -1.72. The van der Waals surface area contributed by atoms with Crippen molar-refractivity contribution in [2.24, 2.45) is 0 Å². The van der Waals surface area contributed by atoms with Gasteiger partial charge < -0.3 is 5.32 Å². The molecule has 0 aliphatic rings. The molecule has 2 aromatic rings. The number of halogens is 5. The molecule has 1 N–H and O–H groups in total. The van der Waals surface area contributed by atoms with Gasteiger partial charge in [-0.25, -0.2) is 0 Å². The number of amides is 1. The van der Waals surface area contributed by atoms with Crippen LogP contribution in [0.1, 0.15) is 11.1 Å². The highest BCUT2D eigenvalue weighted by molar-refractivity contribution is 6.36. The summed E-state index contributed by atoms with van der Waals surface area (Å²) in [6.45, 7) is 0. The zero-order valence-electron chi connectivity index (χ0n) is 11.0. The van der Waals surface area contributed by atoms with Crippen molar-refractivity contribution >= 4 is 34.8 Å². The lowest BCUT2D eigenvalue weighted by atomic mass is 10.1. The third kappa shape index (κ3) is 3.93. The molecule has 0 saturated carbocycles. The van der Waals surface area contributed by atoms with E-state index in [1.807, 2.05) is 0 Å². The van der Waals surface area contributed by atoms with Crippen LogP contribution in [0.25, 0.3) is 0 Å². The zero-order valence-corrected chi connectivity index (χ0v) is 12.6. The Balaban J connectivity index is 2.20. The highest BCUT2D eigenvalue weighted by Gasteiger charge is 2.33. The first-order valence-electron chi connectivity index (χ1n) is 6.18. The lowest BCUT2D eigenvalue weighted by molar-refractivity contribution is -0.137. The Morgan fingerprint density at radius 3 is 2.18 bits per heavy atom. The summed E-state index contributed by atoms with van der Waals surface area (Å²) in [7, 11) is 0. The molecule has 0 unspecified atom stereocenters. The molecular weight excluding hydrogens is 338 g/mol. The number of para-hydroxylation sites is 1. The molecule has 0 atom stereocenters. The normalized spacial score (nSPS) is 11.3. The van der Waals surface area contributed by atoms with E-state index in [1.54, 1.807) is 18.2 Å². The van der Waals surface area contributed by atoms with Gasteiger partial charge in [0.25, 0.3) is 0 Å². The molecule has 0 aromatic heterocycles. The van der Waals surface area contributed by atoms with Crippen LogP contribution in [0.2, 0.25) is 10.0 Å². The number of rotatable bonds is 3. The molecule has 0 heterocycles. The summed E-state index contributed by atoms with van der Waals surface area (Å²) in [5.41, 5.74) is -0.843. The Kier molecular flexibility index (Phi) is 4.98. The molecule has 0 aliphatic carbocycles. The van der Waals surface area contributed by atoms with Crippen molar-refractivity contribution in [1.82, 2.24) is 0 Å². The maximum atomic E-state index is 12.9. The fraction of sp³-hybridized carbons (Fsp3) is 0.133. The topological polar surface area (TPSA) is 29.1 Å². The number of alkyl halides is 3. The molecule has 2 nitrogen and oxygen atoms in total. The predicted octanol–water partition coefficient (Wildman–Crippen LogP) is 5.19. The zero-order chi connectivity index (χ0) is 16.3. The van der Waals surface area contributed by atoms with Gasteiger partial charge in [0.05, 0.1) is 17.7 Å². The summed E-state index contributed by atoms with van der Waals surface area (Å²) in [6.07, 6.45) is -4.77. The van der Waals surface area contributed by atoms with Crippen LogP contribution in [0.4, 0.5) is 18.9 Å². The van der Waals surface area contributed by atoms with E-state index in [-0.39, 0.29) is 22.2 Å². The van der Waals surface area contributed by atoms with Gasteiger partial charge in [-0.2, -0.15) is 13.2 Å². The molecule has 22 heavy (non-hydrogen) atoms. The van der Waals surface area contributed by atoms with Crippen LogP contribution in [0.5, 0.6) is 0 Å². The van der Waals surface area contributed by atoms with Crippen LogP contribution in [-0.2, 0) is 17.4 Å². The summed E-state index contributed by atoms with van der Waals surface area (Å²) in [4.78, 5) is 12.0. The Bertz CT molecular complexity index is 681. The van der Waals surface area contributed by atoms with Gasteiger partial charge in [-0.1, -0.05) is 41.4 Å². The first-order valence-corrected chi connectivity index (χ1v) is 6.93. The van der Waals surface area contributed by atoms with Crippen molar-refractivity contribution in [3.05, 3.63) is 63.6 Å². The van der Waals surface area contributed by atoms with Crippen LogP contribution >= 0.6 is 23.2 Å². The summed E-state index contributed by atoms with van der Waals surface area (Å²) in [5, 5.41) is 2.81. The minimum absolute atomic E-state index is 0.218. The fourth-order valence-electron chi connectivity index (χ4n) is 1.90. The van der Waals surface area contributed by atoms with Crippen LogP contribution < -0.4 is 5.32 Å². The second-order valence-electron chi connectivity index (χ2n) is 4.47. The minimum atomic E-state index is -4.55. The molecule has 0 radical (unpaired) electrons. The molecule has 2 aromatic carbocycles. The van der Waals surface area contributed by atoms with Crippen LogP contribution in [0.15, 0.2) is 42.5 Å². The van der Waals surface area contributed by atoms with Gasteiger partial charge in [0.1, 0.15) is 0 Å².